The van der Waals surface area contributed by atoms with Crippen molar-refractivity contribution < 1.29 is 4.79 Å². The first-order valence-corrected chi connectivity index (χ1v) is 7.44. The van der Waals surface area contributed by atoms with Crippen molar-refractivity contribution in [2.45, 2.75) is 32.2 Å². The van der Waals surface area contributed by atoms with Gasteiger partial charge in [0.15, 0.2) is 0 Å². The molecule has 4 heteroatoms. The van der Waals surface area contributed by atoms with Crippen molar-refractivity contribution >= 4 is 5.91 Å². The van der Waals surface area contributed by atoms with Crippen LogP contribution in [0.1, 0.15) is 24.0 Å². The van der Waals surface area contributed by atoms with Gasteiger partial charge in [0.05, 0.1) is 6.54 Å². The second-order valence-corrected chi connectivity index (χ2v) is 5.64. The Labute approximate surface area is 121 Å². The van der Waals surface area contributed by atoms with E-state index >= 15 is 0 Å². The van der Waals surface area contributed by atoms with Crippen molar-refractivity contribution in [2.75, 3.05) is 26.2 Å². The lowest BCUT2D eigenvalue weighted by molar-refractivity contribution is -0.122. The highest BCUT2D eigenvalue weighted by molar-refractivity contribution is 5.78. The summed E-state index contributed by atoms with van der Waals surface area (Å²) in [7, 11) is 0. The number of nitrogens with zero attached hydrogens (tertiary/aromatic N) is 1. The number of nitrogens with one attached hydrogen (secondary N) is 1. The fraction of sp³-hybridized carbons (Fsp3) is 0.562. The highest BCUT2D eigenvalue weighted by Gasteiger charge is 2.17. The smallest absolute Gasteiger partial charge is 0.234 e. The Balaban J connectivity index is 1.67. The minimum absolute atomic E-state index is 0.119. The number of rotatable bonds is 5. The molecular formula is C16H25N3O. The molecule has 1 aromatic carbocycles. The molecule has 2 rings (SSSR count). The molecule has 0 bridgehead atoms. The third-order valence-corrected chi connectivity index (χ3v) is 3.98. The van der Waals surface area contributed by atoms with E-state index in [4.69, 9.17) is 5.73 Å². The Hall–Kier alpha value is -1.39. The Morgan fingerprint density at radius 2 is 2.05 bits per heavy atom. The predicted octanol–water partition coefficient (Wildman–Crippen LogP) is 1.08. The normalized spacial score (nSPS) is 17.1. The van der Waals surface area contributed by atoms with Crippen LogP contribution in [-0.2, 0) is 11.2 Å². The van der Waals surface area contributed by atoms with Crippen LogP contribution in [-0.4, -0.2) is 43.0 Å². The van der Waals surface area contributed by atoms with E-state index in [-0.39, 0.29) is 5.91 Å². The molecule has 0 aromatic heterocycles. The van der Waals surface area contributed by atoms with Gasteiger partial charge in [-0.15, -0.1) is 0 Å². The Kier molecular flexibility index (Phi) is 5.56. The number of amides is 1. The van der Waals surface area contributed by atoms with Crippen LogP contribution < -0.4 is 11.1 Å². The van der Waals surface area contributed by atoms with Crippen LogP contribution in [0.25, 0.3) is 0 Å². The summed E-state index contributed by atoms with van der Waals surface area (Å²) in [6.07, 6.45) is 2.89. The molecule has 0 aliphatic carbocycles. The molecule has 1 aromatic rings. The summed E-state index contributed by atoms with van der Waals surface area (Å²) in [5.74, 6) is 0.119. The number of piperidine rings is 1. The summed E-state index contributed by atoms with van der Waals surface area (Å²) < 4.78 is 0. The molecule has 0 spiro atoms. The molecule has 1 saturated heterocycles. The number of hydrogen-bond acceptors (Lipinski definition) is 3. The van der Waals surface area contributed by atoms with E-state index in [1.807, 2.05) is 12.1 Å². The van der Waals surface area contributed by atoms with Gasteiger partial charge in [0.2, 0.25) is 5.91 Å². The van der Waals surface area contributed by atoms with Crippen LogP contribution in [0.2, 0.25) is 0 Å². The van der Waals surface area contributed by atoms with E-state index in [1.54, 1.807) is 0 Å². The summed E-state index contributed by atoms with van der Waals surface area (Å²) in [6, 6.07) is 8.62. The zero-order valence-corrected chi connectivity index (χ0v) is 12.3. The third-order valence-electron chi connectivity index (χ3n) is 3.98. The van der Waals surface area contributed by atoms with Gasteiger partial charge in [-0.1, -0.05) is 24.3 Å². The largest absolute Gasteiger partial charge is 0.355 e. The van der Waals surface area contributed by atoms with Gasteiger partial charge in [-0.2, -0.15) is 0 Å². The molecule has 1 fully saturated rings. The van der Waals surface area contributed by atoms with Crippen molar-refractivity contribution in [1.29, 1.82) is 0 Å². The van der Waals surface area contributed by atoms with Crippen LogP contribution in [0.15, 0.2) is 24.3 Å². The molecule has 4 nitrogen and oxygen atoms in total. The minimum atomic E-state index is 0.119. The molecule has 0 atom stereocenters. The zero-order valence-electron chi connectivity index (χ0n) is 12.3. The molecular weight excluding hydrogens is 250 g/mol. The van der Waals surface area contributed by atoms with Crippen LogP contribution in [0.5, 0.6) is 0 Å². The summed E-state index contributed by atoms with van der Waals surface area (Å²) in [5, 5.41) is 3.01. The SMILES string of the molecule is Cc1ccccc1CCNC(=O)CN1CCC(N)CC1. The Morgan fingerprint density at radius 3 is 2.75 bits per heavy atom. The monoisotopic (exact) mass is 275 g/mol. The second-order valence-electron chi connectivity index (χ2n) is 5.64. The summed E-state index contributed by atoms with van der Waals surface area (Å²) in [5.41, 5.74) is 8.45. The van der Waals surface area contributed by atoms with Crippen molar-refractivity contribution in [3.05, 3.63) is 35.4 Å². The molecule has 0 radical (unpaired) electrons. The summed E-state index contributed by atoms with van der Waals surface area (Å²) in [6.45, 7) is 5.18. The molecule has 110 valence electrons. The topological polar surface area (TPSA) is 58.4 Å². The van der Waals surface area contributed by atoms with Gasteiger partial charge in [-0.05, 0) is 37.3 Å². The number of carbonyl (C=O) groups is 1. The number of carbonyl (C=O) groups excluding carboxylic acids is 1. The van der Waals surface area contributed by atoms with E-state index in [2.05, 4.69) is 29.3 Å². The molecule has 1 amide bonds. The van der Waals surface area contributed by atoms with Gasteiger partial charge < -0.3 is 11.1 Å². The van der Waals surface area contributed by atoms with E-state index in [1.165, 1.54) is 11.1 Å². The van der Waals surface area contributed by atoms with E-state index < -0.39 is 0 Å². The van der Waals surface area contributed by atoms with Crippen LogP contribution >= 0.6 is 0 Å². The molecule has 3 N–H and O–H groups in total. The number of hydrogen-bond donors (Lipinski definition) is 2. The Morgan fingerprint density at radius 1 is 1.35 bits per heavy atom. The van der Waals surface area contributed by atoms with Crippen molar-refractivity contribution in [3.63, 3.8) is 0 Å². The van der Waals surface area contributed by atoms with Crippen molar-refractivity contribution in [1.82, 2.24) is 10.2 Å². The maximum absolute atomic E-state index is 11.9. The average molecular weight is 275 g/mol. The zero-order chi connectivity index (χ0) is 14.4. The van der Waals surface area contributed by atoms with E-state index in [0.29, 0.717) is 19.1 Å². The number of benzene rings is 1. The molecule has 1 aliphatic rings. The average Bonchev–Trinajstić information content (AvgIpc) is 2.43. The molecule has 1 heterocycles. The first-order chi connectivity index (χ1) is 9.65. The molecule has 0 saturated carbocycles. The highest BCUT2D eigenvalue weighted by Crippen LogP contribution is 2.08. The predicted molar refractivity (Wildman–Crippen MR) is 81.5 cm³/mol. The van der Waals surface area contributed by atoms with Gasteiger partial charge in [0.25, 0.3) is 0 Å². The van der Waals surface area contributed by atoms with Gasteiger partial charge in [0.1, 0.15) is 0 Å². The standard InChI is InChI=1S/C16H25N3O/c1-13-4-2-3-5-14(13)6-9-18-16(20)12-19-10-7-15(17)8-11-19/h2-5,15H,6-12,17H2,1H3,(H,18,20). The molecule has 0 unspecified atom stereocenters. The van der Waals surface area contributed by atoms with Gasteiger partial charge in [-0.25, -0.2) is 0 Å². The number of likely N-dealkylation sites (tertiary alicyclic amines) is 1. The number of aryl methyl sites for hydroxylation is 1. The van der Waals surface area contributed by atoms with Gasteiger partial charge in [-0.3, -0.25) is 9.69 Å². The second kappa shape index (κ2) is 7.41. The van der Waals surface area contributed by atoms with Crippen molar-refractivity contribution in [2.24, 2.45) is 5.73 Å². The third kappa shape index (κ3) is 4.62. The molecule has 1 aliphatic heterocycles. The fourth-order valence-electron chi connectivity index (χ4n) is 2.60. The van der Waals surface area contributed by atoms with Gasteiger partial charge >= 0.3 is 0 Å². The summed E-state index contributed by atoms with van der Waals surface area (Å²) >= 11 is 0. The maximum atomic E-state index is 11.9. The van der Waals surface area contributed by atoms with Crippen LogP contribution in [0.4, 0.5) is 0 Å². The first kappa shape index (κ1) is 15.0. The lowest BCUT2D eigenvalue weighted by Gasteiger charge is -2.29. The lowest BCUT2D eigenvalue weighted by Crippen LogP contribution is -2.44. The molecule has 20 heavy (non-hydrogen) atoms. The van der Waals surface area contributed by atoms with E-state index in [0.717, 1.165) is 32.4 Å². The van der Waals surface area contributed by atoms with Crippen LogP contribution in [0, 0.1) is 6.92 Å². The maximum Gasteiger partial charge on any atom is 0.234 e. The minimum Gasteiger partial charge on any atom is -0.355 e. The van der Waals surface area contributed by atoms with Gasteiger partial charge in [0, 0.05) is 25.7 Å². The number of nitrogens with two attached hydrogens (primary N) is 1. The Bertz CT molecular complexity index is 439. The van der Waals surface area contributed by atoms with Crippen molar-refractivity contribution in [3.8, 4) is 0 Å². The summed E-state index contributed by atoms with van der Waals surface area (Å²) in [4.78, 5) is 14.1. The quantitative estimate of drug-likeness (QED) is 0.845. The van der Waals surface area contributed by atoms with E-state index in [9.17, 15) is 4.79 Å². The fourth-order valence-corrected chi connectivity index (χ4v) is 2.60. The highest BCUT2D eigenvalue weighted by atomic mass is 16.2. The van der Waals surface area contributed by atoms with Crippen LogP contribution in [0.3, 0.4) is 0 Å². The lowest BCUT2D eigenvalue weighted by atomic mass is 10.1. The first-order valence-electron chi connectivity index (χ1n) is 7.44.